The fourth-order valence-electron chi connectivity index (χ4n) is 3.26. The number of carboxylic acids is 1. The second-order valence-electron chi connectivity index (χ2n) is 5.88. The van der Waals surface area contributed by atoms with E-state index in [-0.39, 0.29) is 6.03 Å². The number of nitrogens with zero attached hydrogens (tertiary/aromatic N) is 2. The molecule has 2 amide bonds. The summed E-state index contributed by atoms with van der Waals surface area (Å²) in [5.74, 6) is 0.0254. The van der Waals surface area contributed by atoms with Gasteiger partial charge in [0.25, 0.3) is 0 Å². The molecule has 5 nitrogen and oxygen atoms in total. The van der Waals surface area contributed by atoms with Gasteiger partial charge in [0.1, 0.15) is 0 Å². The van der Waals surface area contributed by atoms with E-state index in [0.29, 0.717) is 37.8 Å². The highest BCUT2D eigenvalue weighted by Crippen LogP contribution is 2.49. The average molecular weight is 240 g/mol. The van der Waals surface area contributed by atoms with E-state index in [0.717, 1.165) is 0 Å². The van der Waals surface area contributed by atoms with Crippen molar-refractivity contribution in [2.75, 3.05) is 27.2 Å². The molecule has 1 aliphatic heterocycles. The van der Waals surface area contributed by atoms with Crippen molar-refractivity contribution in [3.8, 4) is 0 Å². The second kappa shape index (κ2) is 3.89. The Kier molecular flexibility index (Phi) is 2.79. The average Bonchev–Trinajstić information content (AvgIpc) is 2.71. The molecule has 1 heterocycles. The van der Waals surface area contributed by atoms with Gasteiger partial charge in [-0.05, 0) is 31.6 Å². The number of likely N-dealkylation sites (tertiary alicyclic amines) is 1. The van der Waals surface area contributed by atoms with Gasteiger partial charge in [0.05, 0.1) is 5.41 Å². The molecule has 2 fully saturated rings. The second-order valence-corrected chi connectivity index (χ2v) is 5.88. The summed E-state index contributed by atoms with van der Waals surface area (Å²) in [4.78, 5) is 26.4. The van der Waals surface area contributed by atoms with E-state index in [9.17, 15) is 14.7 Å². The Morgan fingerprint density at radius 2 is 1.71 bits per heavy atom. The van der Waals surface area contributed by atoms with E-state index in [1.165, 1.54) is 0 Å². The number of hydrogen-bond acceptors (Lipinski definition) is 2. The van der Waals surface area contributed by atoms with Gasteiger partial charge >= 0.3 is 12.0 Å². The third-order valence-electron chi connectivity index (χ3n) is 4.17. The maximum Gasteiger partial charge on any atom is 0.319 e. The third kappa shape index (κ3) is 1.98. The summed E-state index contributed by atoms with van der Waals surface area (Å²) >= 11 is 0. The normalized spacial score (nSPS) is 35.8. The number of fused-ring (bicyclic) bond motifs is 1. The number of carbonyl (C=O) groups is 2. The number of amides is 2. The number of carbonyl (C=O) groups excluding carboxylic acids is 1. The highest BCUT2D eigenvalue weighted by molar-refractivity contribution is 5.76. The van der Waals surface area contributed by atoms with Gasteiger partial charge in [-0.25, -0.2) is 4.79 Å². The molecule has 5 heteroatoms. The molecule has 0 aromatic carbocycles. The van der Waals surface area contributed by atoms with Crippen LogP contribution in [0.5, 0.6) is 0 Å². The molecule has 0 bridgehead atoms. The van der Waals surface area contributed by atoms with E-state index in [4.69, 9.17) is 0 Å². The maximum atomic E-state index is 11.8. The quantitative estimate of drug-likeness (QED) is 0.746. The van der Waals surface area contributed by atoms with Crippen LogP contribution in [0.4, 0.5) is 4.79 Å². The van der Waals surface area contributed by atoms with Crippen LogP contribution in [0.2, 0.25) is 0 Å². The van der Waals surface area contributed by atoms with Crippen LogP contribution in [-0.4, -0.2) is 54.1 Å². The molecule has 0 aromatic heterocycles. The lowest BCUT2D eigenvalue weighted by molar-refractivity contribution is -0.147. The lowest BCUT2D eigenvalue weighted by atomic mass is 9.87. The molecule has 3 atom stereocenters. The van der Waals surface area contributed by atoms with E-state index < -0.39 is 11.4 Å². The SMILES string of the molecule is CN(C)C(=O)N1CC2CC(C)(C(=O)O)C[C@H]2C1. The van der Waals surface area contributed by atoms with Crippen LogP contribution >= 0.6 is 0 Å². The Morgan fingerprint density at radius 1 is 1.24 bits per heavy atom. The monoisotopic (exact) mass is 240 g/mol. The number of hydrogen-bond donors (Lipinski definition) is 1. The van der Waals surface area contributed by atoms with Gasteiger partial charge in [-0.1, -0.05) is 0 Å². The molecule has 0 aromatic rings. The molecule has 2 rings (SSSR count). The van der Waals surface area contributed by atoms with Gasteiger partial charge in [0, 0.05) is 27.2 Å². The van der Waals surface area contributed by atoms with Crippen molar-refractivity contribution in [3.05, 3.63) is 0 Å². The van der Waals surface area contributed by atoms with Crippen molar-refractivity contribution < 1.29 is 14.7 Å². The highest BCUT2D eigenvalue weighted by atomic mass is 16.4. The van der Waals surface area contributed by atoms with Crippen LogP contribution in [0.1, 0.15) is 19.8 Å². The molecule has 1 saturated heterocycles. The summed E-state index contributed by atoms with van der Waals surface area (Å²) in [6.07, 6.45) is 1.40. The van der Waals surface area contributed by atoms with Crippen LogP contribution in [0.25, 0.3) is 0 Å². The largest absolute Gasteiger partial charge is 0.481 e. The summed E-state index contributed by atoms with van der Waals surface area (Å²) in [5, 5.41) is 9.20. The maximum absolute atomic E-state index is 11.8. The minimum atomic E-state index is -0.697. The van der Waals surface area contributed by atoms with Gasteiger partial charge in [-0.3, -0.25) is 4.79 Å². The molecule has 2 aliphatic rings. The first-order valence-corrected chi connectivity index (χ1v) is 6.03. The number of urea groups is 1. The van der Waals surface area contributed by atoms with Gasteiger partial charge in [-0.15, -0.1) is 0 Å². The van der Waals surface area contributed by atoms with Crippen LogP contribution in [-0.2, 0) is 4.79 Å². The van der Waals surface area contributed by atoms with Crippen LogP contribution in [0.15, 0.2) is 0 Å². The lowest BCUT2D eigenvalue weighted by Crippen LogP contribution is -2.39. The van der Waals surface area contributed by atoms with Crippen LogP contribution in [0, 0.1) is 17.3 Å². The van der Waals surface area contributed by atoms with Crippen molar-refractivity contribution in [2.45, 2.75) is 19.8 Å². The molecular weight excluding hydrogens is 220 g/mol. The van der Waals surface area contributed by atoms with Gasteiger partial charge in [-0.2, -0.15) is 0 Å². The first kappa shape index (κ1) is 12.2. The molecule has 1 aliphatic carbocycles. The Balaban J connectivity index is 2.01. The van der Waals surface area contributed by atoms with Crippen LogP contribution in [0.3, 0.4) is 0 Å². The first-order chi connectivity index (χ1) is 7.83. The summed E-state index contributed by atoms with van der Waals surface area (Å²) in [5.41, 5.74) is -0.581. The van der Waals surface area contributed by atoms with Gasteiger partial charge in [0.2, 0.25) is 0 Å². The Bertz CT molecular complexity index is 340. The molecule has 0 spiro atoms. The van der Waals surface area contributed by atoms with Crippen molar-refractivity contribution in [1.82, 2.24) is 9.80 Å². The Hall–Kier alpha value is -1.26. The van der Waals surface area contributed by atoms with Crippen molar-refractivity contribution in [3.63, 3.8) is 0 Å². The fourth-order valence-corrected chi connectivity index (χ4v) is 3.26. The van der Waals surface area contributed by atoms with Gasteiger partial charge < -0.3 is 14.9 Å². The first-order valence-electron chi connectivity index (χ1n) is 6.03. The predicted octanol–water partition coefficient (Wildman–Crippen LogP) is 1.10. The zero-order chi connectivity index (χ0) is 12.8. The topological polar surface area (TPSA) is 60.9 Å². The third-order valence-corrected chi connectivity index (χ3v) is 4.17. The van der Waals surface area contributed by atoms with E-state index in [1.807, 2.05) is 11.8 Å². The zero-order valence-electron chi connectivity index (χ0n) is 10.6. The molecule has 0 radical (unpaired) electrons. The Morgan fingerprint density at radius 3 is 2.06 bits per heavy atom. The molecule has 1 saturated carbocycles. The summed E-state index contributed by atoms with van der Waals surface area (Å²) in [7, 11) is 3.50. The molecular formula is C12H20N2O3. The number of carboxylic acid groups (broad SMARTS) is 1. The number of rotatable bonds is 1. The van der Waals surface area contributed by atoms with Crippen molar-refractivity contribution in [2.24, 2.45) is 17.3 Å². The molecule has 2 unspecified atom stereocenters. The summed E-state index contributed by atoms with van der Waals surface area (Å²) in [6.45, 7) is 3.25. The fraction of sp³-hybridized carbons (Fsp3) is 0.833. The molecule has 96 valence electrons. The van der Waals surface area contributed by atoms with Gasteiger partial charge in [0.15, 0.2) is 0 Å². The van der Waals surface area contributed by atoms with Crippen molar-refractivity contribution >= 4 is 12.0 Å². The minimum absolute atomic E-state index is 0.0384. The van der Waals surface area contributed by atoms with E-state index in [1.54, 1.807) is 19.0 Å². The molecule has 17 heavy (non-hydrogen) atoms. The van der Waals surface area contributed by atoms with Crippen LogP contribution < -0.4 is 0 Å². The standard InChI is InChI=1S/C12H20N2O3/c1-12(10(15)16)4-8-6-14(7-9(8)5-12)11(17)13(2)3/h8-9H,4-7H2,1-3H3,(H,15,16)/t8-,9?,12?/m0/s1. The number of aliphatic carboxylic acids is 1. The highest BCUT2D eigenvalue weighted by Gasteiger charge is 2.51. The summed E-state index contributed by atoms with van der Waals surface area (Å²) in [6, 6.07) is 0.0384. The van der Waals surface area contributed by atoms with E-state index in [2.05, 4.69) is 0 Å². The minimum Gasteiger partial charge on any atom is -0.481 e. The predicted molar refractivity (Wildman–Crippen MR) is 62.6 cm³/mol. The Labute approximate surface area is 101 Å². The smallest absolute Gasteiger partial charge is 0.319 e. The molecule has 1 N–H and O–H groups in total. The summed E-state index contributed by atoms with van der Waals surface area (Å²) < 4.78 is 0. The van der Waals surface area contributed by atoms with E-state index >= 15 is 0 Å². The van der Waals surface area contributed by atoms with Crippen molar-refractivity contribution in [1.29, 1.82) is 0 Å². The lowest BCUT2D eigenvalue weighted by Gasteiger charge is -2.25. The zero-order valence-corrected chi connectivity index (χ0v) is 10.6.